The SMILES string of the molecule is O=C(CSc1nnnn1C[C@@H]1CCCO1)N1CCN(Cc2ccccc2)CC1. The minimum absolute atomic E-state index is 0.149. The number of tetrazole rings is 1. The van der Waals surface area contributed by atoms with Crippen molar-refractivity contribution < 1.29 is 9.53 Å². The van der Waals surface area contributed by atoms with E-state index < -0.39 is 0 Å². The number of ether oxygens (including phenoxy) is 1. The Morgan fingerprint density at radius 1 is 1.18 bits per heavy atom. The molecule has 2 aliphatic rings. The van der Waals surface area contributed by atoms with Gasteiger partial charge in [0.2, 0.25) is 11.1 Å². The van der Waals surface area contributed by atoms with Gasteiger partial charge in [0.05, 0.1) is 18.4 Å². The second-order valence-corrected chi connectivity index (χ2v) is 8.15. The third kappa shape index (κ3) is 5.09. The van der Waals surface area contributed by atoms with E-state index in [-0.39, 0.29) is 12.0 Å². The second kappa shape index (κ2) is 9.49. The standard InChI is InChI=1S/C19H26N6O2S/c26-18(15-28-19-20-21-22-25(19)14-17-7-4-12-27-17)24-10-8-23(9-11-24)13-16-5-2-1-3-6-16/h1-3,5-6,17H,4,7-15H2/t17-/m0/s1. The van der Waals surface area contributed by atoms with E-state index in [9.17, 15) is 4.79 Å². The van der Waals surface area contributed by atoms with Gasteiger partial charge in [0.1, 0.15) is 0 Å². The Morgan fingerprint density at radius 2 is 2.00 bits per heavy atom. The summed E-state index contributed by atoms with van der Waals surface area (Å²) in [5.41, 5.74) is 1.32. The average Bonchev–Trinajstić information content (AvgIpc) is 3.40. The number of amides is 1. The van der Waals surface area contributed by atoms with Crippen LogP contribution in [0.15, 0.2) is 35.5 Å². The highest BCUT2D eigenvalue weighted by molar-refractivity contribution is 7.99. The maximum atomic E-state index is 12.6. The molecule has 0 spiro atoms. The first-order valence-electron chi connectivity index (χ1n) is 9.82. The van der Waals surface area contributed by atoms with Crippen molar-refractivity contribution >= 4 is 17.7 Å². The van der Waals surface area contributed by atoms with Crippen molar-refractivity contribution in [2.75, 3.05) is 38.5 Å². The molecule has 150 valence electrons. The molecule has 0 N–H and O–H groups in total. The summed E-state index contributed by atoms with van der Waals surface area (Å²) in [5, 5.41) is 12.6. The number of hydrogen-bond acceptors (Lipinski definition) is 7. The zero-order chi connectivity index (χ0) is 19.2. The summed E-state index contributed by atoms with van der Waals surface area (Å²) in [5.74, 6) is 0.515. The van der Waals surface area contributed by atoms with Crippen LogP contribution in [-0.4, -0.2) is 80.6 Å². The first-order valence-corrected chi connectivity index (χ1v) is 10.8. The summed E-state index contributed by atoms with van der Waals surface area (Å²) in [7, 11) is 0. The highest BCUT2D eigenvalue weighted by Crippen LogP contribution is 2.19. The molecule has 0 saturated carbocycles. The number of carbonyl (C=O) groups is 1. The molecule has 0 bridgehead atoms. The molecule has 2 aromatic rings. The molecule has 4 rings (SSSR count). The van der Waals surface area contributed by atoms with E-state index in [0.29, 0.717) is 17.5 Å². The fraction of sp³-hybridized carbons (Fsp3) is 0.579. The van der Waals surface area contributed by atoms with Crippen LogP contribution in [0.1, 0.15) is 18.4 Å². The topological polar surface area (TPSA) is 76.4 Å². The Balaban J connectivity index is 1.21. The molecule has 0 aliphatic carbocycles. The van der Waals surface area contributed by atoms with Gasteiger partial charge in [0.15, 0.2) is 0 Å². The lowest BCUT2D eigenvalue weighted by Crippen LogP contribution is -2.48. The first kappa shape index (κ1) is 19.4. The lowest BCUT2D eigenvalue weighted by atomic mass is 10.2. The van der Waals surface area contributed by atoms with Crippen LogP contribution >= 0.6 is 11.8 Å². The van der Waals surface area contributed by atoms with Crippen LogP contribution in [0.5, 0.6) is 0 Å². The molecule has 1 amide bonds. The van der Waals surface area contributed by atoms with E-state index in [1.165, 1.54) is 17.3 Å². The highest BCUT2D eigenvalue weighted by atomic mass is 32.2. The van der Waals surface area contributed by atoms with Crippen LogP contribution in [0, 0.1) is 0 Å². The maximum absolute atomic E-state index is 12.6. The molecule has 2 saturated heterocycles. The summed E-state index contributed by atoms with van der Waals surface area (Å²) in [4.78, 5) is 16.9. The molecule has 1 aromatic carbocycles. The van der Waals surface area contributed by atoms with Gasteiger partial charge < -0.3 is 9.64 Å². The smallest absolute Gasteiger partial charge is 0.233 e. The van der Waals surface area contributed by atoms with Crippen molar-refractivity contribution in [1.82, 2.24) is 30.0 Å². The fourth-order valence-corrected chi connectivity index (χ4v) is 4.40. The van der Waals surface area contributed by atoms with Crippen molar-refractivity contribution in [2.45, 2.75) is 37.2 Å². The molecule has 2 fully saturated rings. The van der Waals surface area contributed by atoms with E-state index in [2.05, 4.69) is 44.7 Å². The Labute approximate surface area is 169 Å². The second-order valence-electron chi connectivity index (χ2n) is 7.21. The van der Waals surface area contributed by atoms with Crippen molar-refractivity contribution in [3.63, 3.8) is 0 Å². The third-order valence-electron chi connectivity index (χ3n) is 5.20. The minimum atomic E-state index is 0.149. The van der Waals surface area contributed by atoms with Crippen LogP contribution in [0.25, 0.3) is 0 Å². The average molecular weight is 403 g/mol. The molecular weight excluding hydrogens is 376 g/mol. The van der Waals surface area contributed by atoms with Gasteiger partial charge >= 0.3 is 0 Å². The number of aromatic nitrogens is 4. The number of rotatable bonds is 7. The first-order chi connectivity index (χ1) is 13.8. The summed E-state index contributed by atoms with van der Waals surface area (Å²) < 4.78 is 7.40. The summed E-state index contributed by atoms with van der Waals surface area (Å²) in [6.45, 7) is 5.76. The lowest BCUT2D eigenvalue weighted by Gasteiger charge is -2.34. The number of hydrogen-bond donors (Lipinski definition) is 0. The third-order valence-corrected chi connectivity index (χ3v) is 6.14. The van der Waals surface area contributed by atoms with Gasteiger partial charge in [-0.1, -0.05) is 42.1 Å². The number of thioether (sulfide) groups is 1. The Bertz CT molecular complexity index is 757. The Hall–Kier alpha value is -1.97. The Kier molecular flexibility index (Phi) is 6.56. The van der Waals surface area contributed by atoms with Crippen LogP contribution in [0.4, 0.5) is 0 Å². The van der Waals surface area contributed by atoms with Crippen LogP contribution in [-0.2, 0) is 22.6 Å². The summed E-state index contributed by atoms with van der Waals surface area (Å²) in [6.07, 6.45) is 2.30. The summed E-state index contributed by atoms with van der Waals surface area (Å²) >= 11 is 1.41. The van der Waals surface area contributed by atoms with E-state index in [1.807, 2.05) is 11.0 Å². The van der Waals surface area contributed by atoms with E-state index >= 15 is 0 Å². The van der Waals surface area contributed by atoms with Crippen LogP contribution in [0.2, 0.25) is 0 Å². The minimum Gasteiger partial charge on any atom is -0.376 e. The van der Waals surface area contributed by atoms with Gasteiger partial charge in [-0.2, -0.15) is 0 Å². The van der Waals surface area contributed by atoms with Crippen molar-refractivity contribution in [3.8, 4) is 0 Å². The summed E-state index contributed by atoms with van der Waals surface area (Å²) in [6, 6.07) is 10.5. The number of carbonyl (C=O) groups excluding carboxylic acids is 1. The molecule has 8 nitrogen and oxygen atoms in total. The maximum Gasteiger partial charge on any atom is 0.233 e. The fourth-order valence-electron chi connectivity index (χ4n) is 3.61. The van der Waals surface area contributed by atoms with Gasteiger partial charge in [-0.05, 0) is 28.8 Å². The monoisotopic (exact) mass is 402 g/mol. The van der Waals surface area contributed by atoms with Gasteiger partial charge in [0, 0.05) is 39.3 Å². The molecule has 28 heavy (non-hydrogen) atoms. The van der Waals surface area contributed by atoms with E-state index in [0.717, 1.165) is 52.2 Å². The lowest BCUT2D eigenvalue weighted by molar-refractivity contribution is -0.130. The van der Waals surface area contributed by atoms with Gasteiger partial charge in [-0.15, -0.1) is 5.10 Å². The number of benzene rings is 1. The van der Waals surface area contributed by atoms with Crippen LogP contribution < -0.4 is 0 Å². The molecule has 1 aromatic heterocycles. The molecule has 3 heterocycles. The number of piperazine rings is 1. The van der Waals surface area contributed by atoms with E-state index in [1.54, 1.807) is 4.68 Å². The largest absolute Gasteiger partial charge is 0.376 e. The van der Waals surface area contributed by atoms with E-state index in [4.69, 9.17) is 4.74 Å². The predicted molar refractivity (Wildman–Crippen MR) is 106 cm³/mol. The predicted octanol–water partition coefficient (Wildman–Crippen LogP) is 1.29. The molecule has 9 heteroatoms. The molecule has 2 aliphatic heterocycles. The van der Waals surface area contributed by atoms with Crippen LogP contribution in [0.3, 0.4) is 0 Å². The molecule has 0 radical (unpaired) electrons. The normalized spacial score (nSPS) is 20.6. The van der Waals surface area contributed by atoms with Gasteiger partial charge in [-0.25, -0.2) is 4.68 Å². The zero-order valence-electron chi connectivity index (χ0n) is 15.9. The zero-order valence-corrected chi connectivity index (χ0v) is 16.8. The molecule has 0 unspecified atom stereocenters. The van der Waals surface area contributed by atoms with Crippen molar-refractivity contribution in [2.24, 2.45) is 0 Å². The van der Waals surface area contributed by atoms with Crippen molar-refractivity contribution in [1.29, 1.82) is 0 Å². The molecule has 1 atom stereocenters. The Morgan fingerprint density at radius 3 is 2.75 bits per heavy atom. The quantitative estimate of drug-likeness (QED) is 0.646. The number of nitrogens with zero attached hydrogens (tertiary/aromatic N) is 6. The van der Waals surface area contributed by atoms with Gasteiger partial charge in [-0.3, -0.25) is 9.69 Å². The van der Waals surface area contributed by atoms with Crippen molar-refractivity contribution in [3.05, 3.63) is 35.9 Å². The van der Waals surface area contributed by atoms with Gasteiger partial charge in [0.25, 0.3) is 0 Å². The highest BCUT2D eigenvalue weighted by Gasteiger charge is 2.23. The molecular formula is C19H26N6O2S.